The number of imidazole rings is 1. The summed E-state index contributed by atoms with van der Waals surface area (Å²) < 4.78 is 35.3. The van der Waals surface area contributed by atoms with Crippen molar-refractivity contribution in [2.75, 3.05) is 11.4 Å². The van der Waals surface area contributed by atoms with Crippen LogP contribution in [0.4, 0.5) is 5.69 Å². The molecule has 29 heavy (non-hydrogen) atoms. The number of ether oxygens (including phenoxy) is 1. The molecule has 0 amide bonds. The predicted octanol–water partition coefficient (Wildman–Crippen LogP) is 4.39. The second-order valence-corrected chi connectivity index (χ2v) is 8.66. The van der Waals surface area contributed by atoms with Crippen LogP contribution in [0.2, 0.25) is 5.02 Å². The molecule has 6 nitrogen and oxygen atoms in total. The third kappa shape index (κ3) is 3.92. The molecule has 0 radical (unpaired) electrons. The van der Waals surface area contributed by atoms with Gasteiger partial charge in [0.1, 0.15) is 11.4 Å². The zero-order valence-corrected chi connectivity index (χ0v) is 17.1. The molecule has 0 unspecified atom stereocenters. The van der Waals surface area contributed by atoms with E-state index < -0.39 is 10.0 Å². The molecule has 2 aromatic heterocycles. The van der Waals surface area contributed by atoms with E-state index in [1.165, 1.54) is 16.4 Å². The molecule has 0 aliphatic rings. The highest BCUT2D eigenvalue weighted by Crippen LogP contribution is 2.28. The second kappa shape index (κ2) is 7.77. The van der Waals surface area contributed by atoms with Gasteiger partial charge in [-0.1, -0.05) is 17.7 Å². The Morgan fingerprint density at radius 3 is 2.41 bits per heavy atom. The van der Waals surface area contributed by atoms with E-state index in [1.54, 1.807) is 43.5 Å². The molecule has 0 saturated carbocycles. The summed E-state index contributed by atoms with van der Waals surface area (Å²) in [6.45, 7) is 0.0823. The molecule has 0 N–H and O–H groups in total. The average molecular weight is 428 g/mol. The van der Waals surface area contributed by atoms with Crippen LogP contribution in [0.3, 0.4) is 0 Å². The summed E-state index contributed by atoms with van der Waals surface area (Å²) in [5.74, 6) is 0.644. The molecule has 0 bridgehead atoms. The Hall–Kier alpha value is -3.03. The van der Waals surface area contributed by atoms with Crippen molar-refractivity contribution in [3.05, 3.63) is 89.8 Å². The van der Waals surface area contributed by atoms with Gasteiger partial charge in [-0.05, 0) is 60.7 Å². The van der Waals surface area contributed by atoms with Gasteiger partial charge in [0.25, 0.3) is 10.0 Å². The molecule has 0 fully saturated rings. The van der Waals surface area contributed by atoms with Gasteiger partial charge >= 0.3 is 0 Å². The lowest BCUT2D eigenvalue weighted by molar-refractivity contribution is 0.415. The van der Waals surface area contributed by atoms with E-state index >= 15 is 0 Å². The second-order valence-electron chi connectivity index (χ2n) is 6.36. The Kier molecular flexibility index (Phi) is 5.17. The predicted molar refractivity (Wildman–Crippen MR) is 113 cm³/mol. The van der Waals surface area contributed by atoms with Crippen LogP contribution in [-0.4, -0.2) is 24.9 Å². The highest BCUT2D eigenvalue weighted by atomic mass is 35.5. The fraction of sp³-hybridized carbons (Fsp3) is 0.0952. The monoisotopic (exact) mass is 427 g/mol. The van der Waals surface area contributed by atoms with E-state index in [4.69, 9.17) is 16.3 Å². The zero-order valence-electron chi connectivity index (χ0n) is 15.6. The summed E-state index contributed by atoms with van der Waals surface area (Å²) >= 11 is 5.93. The first-order valence-corrected chi connectivity index (χ1v) is 10.6. The van der Waals surface area contributed by atoms with Crippen LogP contribution < -0.4 is 9.04 Å². The first kappa shape index (κ1) is 19.3. The van der Waals surface area contributed by atoms with Crippen molar-refractivity contribution in [1.82, 2.24) is 9.38 Å². The normalized spacial score (nSPS) is 11.5. The average Bonchev–Trinajstić information content (AvgIpc) is 3.15. The molecule has 148 valence electrons. The number of hydrogen-bond acceptors (Lipinski definition) is 4. The third-order valence-electron chi connectivity index (χ3n) is 4.48. The largest absolute Gasteiger partial charge is 0.497 e. The number of sulfonamides is 1. The Morgan fingerprint density at radius 1 is 1.03 bits per heavy atom. The summed E-state index contributed by atoms with van der Waals surface area (Å²) in [4.78, 5) is 4.70. The summed E-state index contributed by atoms with van der Waals surface area (Å²) in [5.41, 5.74) is 1.89. The van der Waals surface area contributed by atoms with E-state index in [1.807, 2.05) is 35.0 Å². The van der Waals surface area contributed by atoms with Crippen molar-refractivity contribution in [3.63, 3.8) is 0 Å². The zero-order chi connectivity index (χ0) is 20.4. The van der Waals surface area contributed by atoms with E-state index in [2.05, 4.69) is 4.98 Å². The van der Waals surface area contributed by atoms with Crippen molar-refractivity contribution in [2.45, 2.75) is 11.4 Å². The number of pyridine rings is 1. The molecule has 0 aliphatic heterocycles. The minimum atomic E-state index is -3.84. The van der Waals surface area contributed by atoms with Crippen LogP contribution in [0.1, 0.15) is 5.69 Å². The molecule has 0 aliphatic carbocycles. The fourth-order valence-electron chi connectivity index (χ4n) is 3.01. The lowest BCUT2D eigenvalue weighted by Gasteiger charge is -2.24. The lowest BCUT2D eigenvalue weighted by Crippen LogP contribution is -2.30. The van der Waals surface area contributed by atoms with E-state index in [9.17, 15) is 8.42 Å². The molecule has 0 spiro atoms. The number of fused-ring (bicyclic) bond motifs is 1. The van der Waals surface area contributed by atoms with Crippen molar-refractivity contribution in [1.29, 1.82) is 0 Å². The van der Waals surface area contributed by atoms with Gasteiger partial charge in [-0.25, -0.2) is 13.4 Å². The highest BCUT2D eigenvalue weighted by molar-refractivity contribution is 7.92. The number of aromatic nitrogens is 2. The molecular weight excluding hydrogens is 410 g/mol. The number of anilines is 1. The molecular formula is C21H18ClN3O3S. The SMILES string of the molecule is COc1ccc(N(Cc2cn3ccccc3n2)S(=O)(=O)c2ccc(Cl)cc2)cc1. The van der Waals surface area contributed by atoms with Crippen LogP contribution in [0, 0.1) is 0 Å². The minimum Gasteiger partial charge on any atom is -0.497 e. The van der Waals surface area contributed by atoms with Gasteiger partial charge in [-0.2, -0.15) is 0 Å². The minimum absolute atomic E-state index is 0.0823. The summed E-state index contributed by atoms with van der Waals surface area (Å²) in [7, 11) is -2.28. The number of benzene rings is 2. The molecule has 0 atom stereocenters. The number of hydrogen-bond donors (Lipinski definition) is 0. The molecule has 4 aromatic rings. The van der Waals surface area contributed by atoms with Crippen LogP contribution in [0.5, 0.6) is 5.75 Å². The van der Waals surface area contributed by atoms with Gasteiger partial charge in [0.2, 0.25) is 0 Å². The van der Waals surface area contributed by atoms with Gasteiger partial charge in [0, 0.05) is 17.4 Å². The van der Waals surface area contributed by atoms with E-state index in [0.717, 1.165) is 5.65 Å². The third-order valence-corrected chi connectivity index (χ3v) is 6.52. The lowest BCUT2D eigenvalue weighted by atomic mass is 10.3. The molecule has 8 heteroatoms. The number of methoxy groups -OCH3 is 1. The molecule has 0 saturated heterocycles. The van der Waals surface area contributed by atoms with Gasteiger partial charge in [-0.3, -0.25) is 4.31 Å². The van der Waals surface area contributed by atoms with Crippen molar-refractivity contribution in [2.24, 2.45) is 0 Å². The smallest absolute Gasteiger partial charge is 0.264 e. The van der Waals surface area contributed by atoms with Gasteiger partial charge < -0.3 is 9.14 Å². The Balaban J connectivity index is 1.78. The first-order valence-electron chi connectivity index (χ1n) is 8.82. The summed E-state index contributed by atoms with van der Waals surface area (Å²) in [6, 6.07) is 18.6. The number of halogens is 1. The van der Waals surface area contributed by atoms with Crippen LogP contribution in [0.15, 0.2) is 84.0 Å². The molecule has 4 rings (SSSR count). The van der Waals surface area contributed by atoms with Gasteiger partial charge in [0.15, 0.2) is 0 Å². The standard InChI is InChI=1S/C21H18ClN3O3S/c1-28-19-9-7-18(8-10-19)25(29(26,27)20-11-5-16(22)6-12-20)15-17-14-24-13-3-2-4-21(24)23-17/h2-14H,15H2,1H3. The maximum Gasteiger partial charge on any atom is 0.264 e. The fourth-order valence-corrected chi connectivity index (χ4v) is 4.57. The van der Waals surface area contributed by atoms with Gasteiger partial charge in [-0.15, -0.1) is 0 Å². The van der Waals surface area contributed by atoms with Crippen molar-refractivity contribution >= 4 is 33.0 Å². The summed E-state index contributed by atoms with van der Waals surface area (Å²) in [5, 5.41) is 0.472. The van der Waals surface area contributed by atoms with Crippen LogP contribution in [0.25, 0.3) is 5.65 Å². The van der Waals surface area contributed by atoms with Crippen LogP contribution in [-0.2, 0) is 16.6 Å². The highest BCUT2D eigenvalue weighted by Gasteiger charge is 2.26. The Morgan fingerprint density at radius 2 is 1.76 bits per heavy atom. The Labute approximate surface area is 174 Å². The van der Waals surface area contributed by atoms with Crippen LogP contribution >= 0.6 is 11.6 Å². The van der Waals surface area contributed by atoms with Crippen molar-refractivity contribution in [3.8, 4) is 5.75 Å². The number of nitrogens with zero attached hydrogens (tertiary/aromatic N) is 3. The Bertz CT molecular complexity index is 1200. The van der Waals surface area contributed by atoms with E-state index in [-0.39, 0.29) is 11.4 Å². The topological polar surface area (TPSA) is 63.9 Å². The molecule has 2 heterocycles. The van der Waals surface area contributed by atoms with Gasteiger partial charge in [0.05, 0.1) is 29.9 Å². The first-order chi connectivity index (χ1) is 14.0. The maximum absolute atomic E-state index is 13.4. The van der Waals surface area contributed by atoms with E-state index in [0.29, 0.717) is 22.2 Å². The number of rotatable bonds is 6. The maximum atomic E-state index is 13.4. The van der Waals surface area contributed by atoms with Crippen molar-refractivity contribution < 1.29 is 13.2 Å². The molecule has 2 aromatic carbocycles. The summed E-state index contributed by atoms with van der Waals surface area (Å²) in [6.07, 6.45) is 3.69. The quantitative estimate of drug-likeness (QED) is 0.457.